The Hall–Kier alpha value is -0.610. The zero-order chi connectivity index (χ0) is 11.8. The van der Waals surface area contributed by atoms with Crippen molar-refractivity contribution in [2.24, 2.45) is 0 Å². The Morgan fingerprint density at radius 1 is 1.44 bits per heavy atom. The Bertz CT molecular complexity index is 307. The first-order chi connectivity index (χ1) is 7.74. The minimum Gasteiger partial charge on any atom is -0.389 e. The van der Waals surface area contributed by atoms with Gasteiger partial charge in [-0.15, -0.1) is 0 Å². The molecule has 0 saturated heterocycles. The topological polar surface area (TPSA) is 41.5 Å². The van der Waals surface area contributed by atoms with E-state index in [-0.39, 0.29) is 0 Å². The van der Waals surface area contributed by atoms with Crippen molar-refractivity contribution in [1.82, 2.24) is 5.32 Å². The van der Waals surface area contributed by atoms with Gasteiger partial charge >= 0.3 is 0 Å². The minimum absolute atomic E-state index is 0.318. The van der Waals surface area contributed by atoms with Gasteiger partial charge in [-0.05, 0) is 18.2 Å². The first-order valence-electron chi connectivity index (χ1n) is 5.44. The normalized spacial score (nSPS) is 12.7. The standard InChI is InChI=1S/C12H18ClNO2/c1-2-14-7-11(15)9-16-8-10-5-3-4-6-12(10)13/h3-6,11,14-15H,2,7-9H2,1H3/t11-/m1/s1. The second kappa shape index (κ2) is 7.63. The number of likely N-dealkylation sites (N-methyl/N-ethyl adjacent to an activating group) is 1. The maximum absolute atomic E-state index is 9.51. The van der Waals surface area contributed by atoms with E-state index in [1.807, 2.05) is 31.2 Å². The monoisotopic (exact) mass is 243 g/mol. The first-order valence-corrected chi connectivity index (χ1v) is 5.81. The molecule has 1 aromatic carbocycles. The van der Waals surface area contributed by atoms with Gasteiger partial charge in [0.2, 0.25) is 0 Å². The predicted octanol–water partition coefficient (Wildman–Crippen LogP) is 1.83. The lowest BCUT2D eigenvalue weighted by Gasteiger charge is -2.11. The van der Waals surface area contributed by atoms with E-state index in [9.17, 15) is 5.11 Å². The van der Waals surface area contributed by atoms with E-state index >= 15 is 0 Å². The van der Waals surface area contributed by atoms with Gasteiger partial charge in [-0.1, -0.05) is 36.7 Å². The summed E-state index contributed by atoms with van der Waals surface area (Å²) in [5.41, 5.74) is 0.944. The molecule has 0 aromatic heterocycles. The van der Waals surface area contributed by atoms with Gasteiger partial charge in [-0.3, -0.25) is 0 Å². The third kappa shape index (κ3) is 4.94. The van der Waals surface area contributed by atoms with Crippen LogP contribution in [0.4, 0.5) is 0 Å². The van der Waals surface area contributed by atoms with Crippen molar-refractivity contribution in [1.29, 1.82) is 0 Å². The van der Waals surface area contributed by atoms with Crippen LogP contribution in [-0.2, 0) is 11.3 Å². The third-order valence-corrected chi connectivity index (χ3v) is 2.52. The molecule has 0 aliphatic rings. The van der Waals surface area contributed by atoms with Crippen LogP contribution in [0, 0.1) is 0 Å². The second-order valence-electron chi connectivity index (χ2n) is 3.57. The lowest BCUT2D eigenvalue weighted by Crippen LogP contribution is -2.30. The number of aliphatic hydroxyl groups excluding tert-OH is 1. The number of benzene rings is 1. The maximum atomic E-state index is 9.51. The van der Waals surface area contributed by atoms with E-state index in [0.717, 1.165) is 12.1 Å². The zero-order valence-electron chi connectivity index (χ0n) is 9.45. The summed E-state index contributed by atoms with van der Waals surface area (Å²) in [5.74, 6) is 0. The highest BCUT2D eigenvalue weighted by atomic mass is 35.5. The van der Waals surface area contributed by atoms with Crippen LogP contribution in [0.25, 0.3) is 0 Å². The maximum Gasteiger partial charge on any atom is 0.0897 e. The number of aliphatic hydroxyl groups is 1. The van der Waals surface area contributed by atoms with Crippen LogP contribution in [0.15, 0.2) is 24.3 Å². The highest BCUT2D eigenvalue weighted by molar-refractivity contribution is 6.31. The van der Waals surface area contributed by atoms with Gasteiger partial charge in [0.05, 0.1) is 19.3 Å². The van der Waals surface area contributed by atoms with Crippen LogP contribution >= 0.6 is 11.6 Å². The summed E-state index contributed by atoms with van der Waals surface area (Å²) in [6.45, 7) is 4.15. The Kier molecular flexibility index (Phi) is 6.42. The predicted molar refractivity (Wildman–Crippen MR) is 65.7 cm³/mol. The van der Waals surface area contributed by atoms with Crippen LogP contribution < -0.4 is 5.32 Å². The van der Waals surface area contributed by atoms with E-state index in [1.165, 1.54) is 0 Å². The Balaban J connectivity index is 2.23. The van der Waals surface area contributed by atoms with Crippen molar-refractivity contribution < 1.29 is 9.84 Å². The first kappa shape index (κ1) is 13.5. The SMILES string of the molecule is CCNC[C@@H](O)COCc1ccccc1Cl. The number of rotatable bonds is 7. The van der Waals surface area contributed by atoms with Gasteiger partial charge in [0.25, 0.3) is 0 Å². The van der Waals surface area contributed by atoms with E-state index < -0.39 is 6.10 Å². The van der Waals surface area contributed by atoms with Gasteiger partial charge in [-0.2, -0.15) is 0 Å². The molecular formula is C12H18ClNO2. The molecule has 0 aliphatic heterocycles. The molecule has 0 aliphatic carbocycles. The summed E-state index contributed by atoms with van der Waals surface area (Å²) >= 11 is 5.97. The summed E-state index contributed by atoms with van der Waals surface area (Å²) in [7, 11) is 0. The molecular weight excluding hydrogens is 226 g/mol. The molecule has 2 N–H and O–H groups in total. The molecule has 0 unspecified atom stereocenters. The van der Waals surface area contributed by atoms with Crippen molar-refractivity contribution in [2.45, 2.75) is 19.6 Å². The molecule has 3 nitrogen and oxygen atoms in total. The summed E-state index contributed by atoms with van der Waals surface area (Å²) < 4.78 is 5.38. The number of hydrogen-bond donors (Lipinski definition) is 2. The number of halogens is 1. The highest BCUT2D eigenvalue weighted by Crippen LogP contribution is 2.15. The molecule has 0 spiro atoms. The fourth-order valence-corrected chi connectivity index (χ4v) is 1.48. The van der Waals surface area contributed by atoms with Gasteiger partial charge in [-0.25, -0.2) is 0 Å². The molecule has 0 saturated carbocycles. The summed E-state index contributed by atoms with van der Waals surface area (Å²) in [4.78, 5) is 0. The molecule has 16 heavy (non-hydrogen) atoms. The van der Waals surface area contributed by atoms with Crippen molar-refractivity contribution in [3.63, 3.8) is 0 Å². The Morgan fingerprint density at radius 3 is 2.88 bits per heavy atom. The van der Waals surface area contributed by atoms with Gasteiger partial charge in [0.1, 0.15) is 0 Å². The summed E-state index contributed by atoms with van der Waals surface area (Å²) in [6, 6.07) is 7.54. The van der Waals surface area contributed by atoms with E-state index in [2.05, 4.69) is 5.32 Å². The van der Waals surface area contributed by atoms with Crippen molar-refractivity contribution in [3.05, 3.63) is 34.9 Å². The van der Waals surface area contributed by atoms with Crippen molar-refractivity contribution in [2.75, 3.05) is 19.7 Å². The van der Waals surface area contributed by atoms with Gasteiger partial charge < -0.3 is 15.2 Å². The number of hydrogen-bond acceptors (Lipinski definition) is 3. The van der Waals surface area contributed by atoms with Crippen molar-refractivity contribution >= 4 is 11.6 Å². The quantitative estimate of drug-likeness (QED) is 0.768. The molecule has 0 fully saturated rings. The Morgan fingerprint density at radius 2 is 2.19 bits per heavy atom. The molecule has 0 heterocycles. The van der Waals surface area contributed by atoms with E-state index in [1.54, 1.807) is 0 Å². The largest absolute Gasteiger partial charge is 0.389 e. The molecule has 0 radical (unpaired) electrons. The third-order valence-electron chi connectivity index (χ3n) is 2.16. The number of ether oxygens (including phenoxy) is 1. The minimum atomic E-state index is -0.470. The van der Waals surface area contributed by atoms with E-state index in [4.69, 9.17) is 16.3 Å². The van der Waals surface area contributed by atoms with Gasteiger partial charge in [0, 0.05) is 11.6 Å². The molecule has 1 aromatic rings. The van der Waals surface area contributed by atoms with Crippen LogP contribution in [-0.4, -0.2) is 30.9 Å². The molecule has 90 valence electrons. The molecule has 1 atom stereocenters. The average Bonchev–Trinajstić information content (AvgIpc) is 2.29. The van der Waals surface area contributed by atoms with Crippen LogP contribution in [0.3, 0.4) is 0 Å². The van der Waals surface area contributed by atoms with Gasteiger partial charge in [0.15, 0.2) is 0 Å². The van der Waals surface area contributed by atoms with Crippen LogP contribution in [0.5, 0.6) is 0 Å². The lowest BCUT2D eigenvalue weighted by molar-refractivity contribution is 0.0291. The van der Waals surface area contributed by atoms with Crippen LogP contribution in [0.1, 0.15) is 12.5 Å². The number of nitrogens with one attached hydrogen (secondary N) is 1. The Labute approximate surface area is 101 Å². The smallest absolute Gasteiger partial charge is 0.0897 e. The second-order valence-corrected chi connectivity index (χ2v) is 3.98. The zero-order valence-corrected chi connectivity index (χ0v) is 10.2. The molecule has 1 rings (SSSR count). The van der Waals surface area contributed by atoms with Crippen LogP contribution in [0.2, 0.25) is 5.02 Å². The molecule has 0 bridgehead atoms. The molecule has 4 heteroatoms. The fraction of sp³-hybridized carbons (Fsp3) is 0.500. The van der Waals surface area contributed by atoms with E-state index in [0.29, 0.717) is 24.8 Å². The lowest BCUT2D eigenvalue weighted by atomic mass is 10.2. The summed E-state index contributed by atoms with van der Waals surface area (Å²) in [6.07, 6.45) is -0.470. The highest BCUT2D eigenvalue weighted by Gasteiger charge is 2.04. The fourth-order valence-electron chi connectivity index (χ4n) is 1.29. The summed E-state index contributed by atoms with van der Waals surface area (Å²) in [5, 5.41) is 13.3. The van der Waals surface area contributed by atoms with Crippen molar-refractivity contribution in [3.8, 4) is 0 Å². The average molecular weight is 244 g/mol. The molecule has 0 amide bonds.